The van der Waals surface area contributed by atoms with E-state index < -0.39 is 5.60 Å². The second-order valence-electron chi connectivity index (χ2n) is 8.93. The van der Waals surface area contributed by atoms with E-state index in [1.54, 1.807) is 0 Å². The van der Waals surface area contributed by atoms with Gasteiger partial charge in [-0.25, -0.2) is 0 Å². The SMILES string of the molecule is CC1CC(C)(C)CC1NCC1(O)CCC(C)(C)CC1. The summed E-state index contributed by atoms with van der Waals surface area (Å²) >= 11 is 0. The van der Waals surface area contributed by atoms with Crippen LogP contribution in [-0.4, -0.2) is 23.3 Å². The zero-order valence-corrected chi connectivity index (χ0v) is 13.6. The van der Waals surface area contributed by atoms with Crippen molar-refractivity contribution in [2.75, 3.05) is 6.54 Å². The van der Waals surface area contributed by atoms with Crippen molar-refractivity contribution < 1.29 is 5.11 Å². The number of nitrogens with one attached hydrogen (secondary N) is 1. The van der Waals surface area contributed by atoms with Gasteiger partial charge in [0.25, 0.3) is 0 Å². The summed E-state index contributed by atoms with van der Waals surface area (Å²) < 4.78 is 0. The quantitative estimate of drug-likeness (QED) is 0.816. The van der Waals surface area contributed by atoms with Gasteiger partial charge in [0.05, 0.1) is 5.60 Å². The standard InChI is InChI=1S/C17H33NO/c1-13-10-16(4,5)11-14(13)18-12-17(19)8-6-15(2,3)7-9-17/h13-14,18-19H,6-12H2,1-5H3. The molecule has 0 radical (unpaired) electrons. The maximum Gasteiger partial charge on any atom is 0.0772 e. The maximum absolute atomic E-state index is 10.7. The maximum atomic E-state index is 10.7. The normalized spacial score (nSPS) is 36.3. The van der Waals surface area contributed by atoms with Crippen molar-refractivity contribution in [1.82, 2.24) is 5.32 Å². The summed E-state index contributed by atoms with van der Waals surface area (Å²) in [6, 6.07) is 0.592. The Morgan fingerprint density at radius 2 is 1.53 bits per heavy atom. The predicted octanol–water partition coefficient (Wildman–Crippen LogP) is 3.73. The Morgan fingerprint density at radius 1 is 0.947 bits per heavy atom. The molecule has 2 heteroatoms. The van der Waals surface area contributed by atoms with Crippen LogP contribution in [0.2, 0.25) is 0 Å². The van der Waals surface area contributed by atoms with Crippen LogP contribution in [0.25, 0.3) is 0 Å². The predicted molar refractivity (Wildman–Crippen MR) is 81.2 cm³/mol. The first-order valence-electron chi connectivity index (χ1n) is 8.07. The molecule has 2 aliphatic carbocycles. The lowest BCUT2D eigenvalue weighted by Gasteiger charge is -2.41. The third-order valence-electron chi connectivity index (χ3n) is 5.56. The molecule has 19 heavy (non-hydrogen) atoms. The van der Waals surface area contributed by atoms with Crippen molar-refractivity contribution in [2.45, 2.75) is 84.8 Å². The van der Waals surface area contributed by atoms with Gasteiger partial charge in [-0.05, 0) is 55.3 Å². The first kappa shape index (κ1) is 15.3. The minimum Gasteiger partial charge on any atom is -0.389 e. The Kier molecular flexibility index (Phi) is 4.06. The average Bonchev–Trinajstić information content (AvgIpc) is 2.54. The number of rotatable bonds is 3. The van der Waals surface area contributed by atoms with Crippen molar-refractivity contribution in [3.63, 3.8) is 0 Å². The van der Waals surface area contributed by atoms with Crippen molar-refractivity contribution >= 4 is 0 Å². The largest absolute Gasteiger partial charge is 0.389 e. The molecule has 2 N–H and O–H groups in total. The van der Waals surface area contributed by atoms with Gasteiger partial charge in [0.2, 0.25) is 0 Å². The Morgan fingerprint density at radius 3 is 2.00 bits per heavy atom. The minimum atomic E-state index is -0.456. The van der Waals surface area contributed by atoms with E-state index >= 15 is 0 Å². The molecule has 2 nitrogen and oxygen atoms in total. The topological polar surface area (TPSA) is 32.3 Å². The van der Waals surface area contributed by atoms with E-state index in [1.807, 2.05) is 0 Å². The summed E-state index contributed by atoms with van der Waals surface area (Å²) in [6.45, 7) is 12.5. The van der Waals surface area contributed by atoms with Gasteiger partial charge in [-0.2, -0.15) is 0 Å². The molecule has 0 aromatic heterocycles. The van der Waals surface area contributed by atoms with Crippen LogP contribution in [0, 0.1) is 16.7 Å². The van der Waals surface area contributed by atoms with Crippen LogP contribution in [0.3, 0.4) is 0 Å². The molecule has 0 aliphatic heterocycles. The third-order valence-corrected chi connectivity index (χ3v) is 5.56. The lowest BCUT2D eigenvalue weighted by molar-refractivity contribution is -0.0267. The fourth-order valence-electron chi connectivity index (χ4n) is 4.06. The molecule has 0 bridgehead atoms. The second kappa shape index (κ2) is 5.04. The lowest BCUT2D eigenvalue weighted by atomic mass is 9.71. The minimum absolute atomic E-state index is 0.425. The molecule has 112 valence electrons. The molecule has 0 amide bonds. The highest BCUT2D eigenvalue weighted by atomic mass is 16.3. The van der Waals surface area contributed by atoms with E-state index in [0.29, 0.717) is 16.9 Å². The van der Waals surface area contributed by atoms with E-state index in [2.05, 4.69) is 39.9 Å². The molecule has 2 unspecified atom stereocenters. The molecule has 0 aromatic carbocycles. The van der Waals surface area contributed by atoms with E-state index in [4.69, 9.17) is 0 Å². The Hall–Kier alpha value is -0.0800. The van der Waals surface area contributed by atoms with Crippen LogP contribution in [-0.2, 0) is 0 Å². The van der Waals surface area contributed by atoms with E-state index in [1.165, 1.54) is 12.8 Å². The van der Waals surface area contributed by atoms with Crippen molar-refractivity contribution in [3.05, 3.63) is 0 Å². The van der Waals surface area contributed by atoms with Gasteiger partial charge in [-0.3, -0.25) is 0 Å². The summed E-state index contributed by atoms with van der Waals surface area (Å²) in [5, 5.41) is 14.4. The summed E-state index contributed by atoms with van der Waals surface area (Å²) in [5.74, 6) is 0.735. The number of hydrogen-bond donors (Lipinski definition) is 2. The van der Waals surface area contributed by atoms with Crippen LogP contribution in [0.4, 0.5) is 0 Å². The molecule has 2 saturated carbocycles. The van der Waals surface area contributed by atoms with Gasteiger partial charge in [0, 0.05) is 12.6 Å². The summed E-state index contributed by atoms with van der Waals surface area (Å²) in [7, 11) is 0. The molecule has 0 saturated heterocycles. The summed E-state index contributed by atoms with van der Waals surface area (Å²) in [5.41, 5.74) is 0.436. The monoisotopic (exact) mass is 267 g/mol. The molecule has 2 aliphatic rings. The van der Waals surface area contributed by atoms with Gasteiger partial charge in [-0.1, -0.05) is 34.6 Å². The van der Waals surface area contributed by atoms with Crippen LogP contribution < -0.4 is 5.32 Å². The highest BCUT2D eigenvalue weighted by molar-refractivity contribution is 4.95. The van der Waals surface area contributed by atoms with Crippen LogP contribution in [0.15, 0.2) is 0 Å². The smallest absolute Gasteiger partial charge is 0.0772 e. The molecular formula is C17H33NO. The van der Waals surface area contributed by atoms with Crippen LogP contribution in [0.5, 0.6) is 0 Å². The molecule has 2 rings (SSSR count). The second-order valence-corrected chi connectivity index (χ2v) is 8.93. The van der Waals surface area contributed by atoms with E-state index in [0.717, 1.165) is 38.1 Å². The highest BCUT2D eigenvalue weighted by Crippen LogP contribution is 2.42. The highest BCUT2D eigenvalue weighted by Gasteiger charge is 2.40. The fraction of sp³-hybridized carbons (Fsp3) is 1.00. The lowest BCUT2D eigenvalue weighted by Crippen LogP contribution is -2.48. The molecular weight excluding hydrogens is 234 g/mol. The average molecular weight is 267 g/mol. The van der Waals surface area contributed by atoms with Gasteiger partial charge in [0.15, 0.2) is 0 Å². The Labute approximate surface area is 119 Å². The number of hydrogen-bond acceptors (Lipinski definition) is 2. The fourth-order valence-corrected chi connectivity index (χ4v) is 4.06. The molecule has 2 fully saturated rings. The molecule has 0 heterocycles. The number of aliphatic hydroxyl groups is 1. The summed E-state index contributed by atoms with van der Waals surface area (Å²) in [6.07, 6.45) is 6.76. The molecule has 2 atom stereocenters. The van der Waals surface area contributed by atoms with Crippen molar-refractivity contribution in [1.29, 1.82) is 0 Å². The Balaban J connectivity index is 1.83. The van der Waals surface area contributed by atoms with Gasteiger partial charge >= 0.3 is 0 Å². The first-order valence-corrected chi connectivity index (χ1v) is 8.07. The zero-order valence-electron chi connectivity index (χ0n) is 13.6. The van der Waals surface area contributed by atoms with E-state index in [9.17, 15) is 5.11 Å². The van der Waals surface area contributed by atoms with Gasteiger partial charge < -0.3 is 10.4 Å². The summed E-state index contributed by atoms with van der Waals surface area (Å²) in [4.78, 5) is 0. The van der Waals surface area contributed by atoms with Crippen LogP contribution in [0.1, 0.15) is 73.1 Å². The third kappa shape index (κ3) is 3.95. The van der Waals surface area contributed by atoms with Crippen molar-refractivity contribution in [3.8, 4) is 0 Å². The van der Waals surface area contributed by atoms with Gasteiger partial charge in [0.1, 0.15) is 0 Å². The zero-order chi connectivity index (χ0) is 14.3. The van der Waals surface area contributed by atoms with E-state index in [-0.39, 0.29) is 0 Å². The van der Waals surface area contributed by atoms with Gasteiger partial charge in [-0.15, -0.1) is 0 Å². The van der Waals surface area contributed by atoms with Crippen molar-refractivity contribution in [2.24, 2.45) is 16.7 Å². The molecule has 0 aromatic rings. The first-order chi connectivity index (χ1) is 8.61. The Bertz CT molecular complexity index is 311. The molecule has 0 spiro atoms. The van der Waals surface area contributed by atoms with Crippen LogP contribution >= 0.6 is 0 Å².